The minimum Gasteiger partial charge on any atom is -0.352 e. The summed E-state index contributed by atoms with van der Waals surface area (Å²) < 4.78 is 0. The number of rotatable bonds is 1. The van der Waals surface area contributed by atoms with Gasteiger partial charge in [0.25, 0.3) is 0 Å². The van der Waals surface area contributed by atoms with Gasteiger partial charge in [-0.1, -0.05) is 0 Å². The summed E-state index contributed by atoms with van der Waals surface area (Å²) in [7, 11) is 1.77. The van der Waals surface area contributed by atoms with E-state index < -0.39 is 0 Å². The average molecular weight is 200 g/mol. The second-order valence-electron chi connectivity index (χ2n) is 2.92. The van der Waals surface area contributed by atoms with E-state index in [0.29, 0.717) is 11.7 Å². The zero-order valence-corrected chi connectivity index (χ0v) is 8.56. The van der Waals surface area contributed by atoms with Gasteiger partial charge in [-0.2, -0.15) is 0 Å². The summed E-state index contributed by atoms with van der Waals surface area (Å²) >= 11 is 5.00. The van der Waals surface area contributed by atoms with Gasteiger partial charge in [-0.15, -0.1) is 0 Å². The first-order valence-corrected chi connectivity index (χ1v) is 4.59. The van der Waals surface area contributed by atoms with Gasteiger partial charge in [-0.25, -0.2) is 4.90 Å². The molecule has 1 fully saturated rings. The van der Waals surface area contributed by atoms with Gasteiger partial charge < -0.3 is 4.90 Å². The van der Waals surface area contributed by atoms with Crippen LogP contribution in [0.4, 0.5) is 0 Å². The van der Waals surface area contributed by atoms with E-state index in [1.54, 1.807) is 11.9 Å². The van der Waals surface area contributed by atoms with Gasteiger partial charge in [-0.3, -0.25) is 9.59 Å². The van der Waals surface area contributed by atoms with Crippen molar-refractivity contribution in [2.75, 3.05) is 13.6 Å². The molecule has 1 saturated heterocycles. The lowest BCUT2D eigenvalue weighted by molar-refractivity contribution is -0.133. The monoisotopic (exact) mass is 200 g/mol. The minimum atomic E-state index is -0.185. The molecule has 0 saturated carbocycles. The van der Waals surface area contributed by atoms with E-state index in [1.165, 1.54) is 0 Å². The van der Waals surface area contributed by atoms with Crippen molar-refractivity contribution in [1.82, 2.24) is 9.80 Å². The Balaban J connectivity index is 2.75. The van der Waals surface area contributed by atoms with Crippen LogP contribution in [0.3, 0.4) is 0 Å². The molecule has 1 rings (SSSR count). The number of hydrogen-bond donors (Lipinski definition) is 0. The Morgan fingerprint density at radius 2 is 1.92 bits per heavy atom. The van der Waals surface area contributed by atoms with Gasteiger partial charge in [0.15, 0.2) is 5.11 Å². The van der Waals surface area contributed by atoms with E-state index in [0.717, 1.165) is 4.90 Å². The van der Waals surface area contributed by atoms with Crippen LogP contribution < -0.4 is 0 Å². The number of amides is 2. The topological polar surface area (TPSA) is 40.6 Å². The zero-order chi connectivity index (χ0) is 10.0. The maximum atomic E-state index is 11.2. The molecule has 0 aromatic carbocycles. The molecule has 0 N–H and O–H groups in total. The fourth-order valence-corrected chi connectivity index (χ4v) is 1.43. The van der Waals surface area contributed by atoms with Crippen LogP contribution in [-0.4, -0.2) is 40.3 Å². The number of likely N-dealkylation sites (tertiary alicyclic amines) is 1. The van der Waals surface area contributed by atoms with Gasteiger partial charge >= 0.3 is 0 Å². The molecule has 0 atom stereocenters. The van der Waals surface area contributed by atoms with Crippen LogP contribution in [0.5, 0.6) is 0 Å². The van der Waals surface area contributed by atoms with Crippen LogP contribution in [0.25, 0.3) is 0 Å². The Morgan fingerprint density at radius 1 is 1.46 bits per heavy atom. The maximum Gasteiger partial charge on any atom is 0.236 e. The van der Waals surface area contributed by atoms with Crippen LogP contribution >= 0.6 is 12.2 Å². The highest BCUT2D eigenvalue weighted by atomic mass is 32.1. The van der Waals surface area contributed by atoms with E-state index in [9.17, 15) is 9.59 Å². The lowest BCUT2D eigenvalue weighted by atomic mass is 10.4. The molecule has 2 amide bonds. The highest BCUT2D eigenvalue weighted by molar-refractivity contribution is 7.80. The fourth-order valence-electron chi connectivity index (χ4n) is 1.10. The standard InChI is InChI=1S/C8H12N2O2S/c1-3-9(2)8(13)10-6(11)4-5-7(10)12/h3-5H2,1-2H3. The quantitative estimate of drug-likeness (QED) is 0.453. The van der Waals surface area contributed by atoms with Crippen molar-refractivity contribution in [3.63, 3.8) is 0 Å². The SMILES string of the molecule is CCN(C)C(=S)N1C(=O)CCC1=O. The molecule has 0 bridgehead atoms. The van der Waals surface area contributed by atoms with Gasteiger partial charge in [-0.05, 0) is 19.1 Å². The highest BCUT2D eigenvalue weighted by Crippen LogP contribution is 2.13. The molecule has 13 heavy (non-hydrogen) atoms. The van der Waals surface area contributed by atoms with Crippen LogP contribution in [0, 0.1) is 0 Å². The Hall–Kier alpha value is -0.970. The predicted molar refractivity (Wildman–Crippen MR) is 52.0 cm³/mol. The molecule has 1 aliphatic heterocycles. The molecule has 4 nitrogen and oxygen atoms in total. The van der Waals surface area contributed by atoms with Gasteiger partial charge in [0.05, 0.1) is 0 Å². The van der Waals surface area contributed by atoms with Crippen molar-refractivity contribution in [2.24, 2.45) is 0 Å². The molecule has 1 heterocycles. The number of carbonyl (C=O) groups is 2. The lowest BCUT2D eigenvalue weighted by Crippen LogP contribution is -2.43. The van der Waals surface area contributed by atoms with Crippen molar-refractivity contribution in [1.29, 1.82) is 0 Å². The van der Waals surface area contributed by atoms with Crippen molar-refractivity contribution in [2.45, 2.75) is 19.8 Å². The average Bonchev–Trinajstić information content (AvgIpc) is 2.44. The summed E-state index contributed by atoms with van der Waals surface area (Å²) in [5.41, 5.74) is 0. The third kappa shape index (κ3) is 1.85. The minimum absolute atomic E-state index is 0.185. The number of thiocarbonyl (C=S) groups is 1. The predicted octanol–water partition coefficient (Wildman–Crippen LogP) is 0.372. The van der Waals surface area contributed by atoms with Gasteiger partial charge in [0, 0.05) is 26.4 Å². The molecule has 72 valence electrons. The van der Waals surface area contributed by atoms with Gasteiger partial charge in [0.1, 0.15) is 0 Å². The third-order valence-electron chi connectivity index (χ3n) is 2.04. The Morgan fingerprint density at radius 3 is 2.31 bits per heavy atom. The summed E-state index contributed by atoms with van der Waals surface area (Å²) in [5.74, 6) is -0.370. The second-order valence-corrected chi connectivity index (χ2v) is 3.28. The lowest BCUT2D eigenvalue weighted by Gasteiger charge is -2.23. The van der Waals surface area contributed by atoms with E-state index in [2.05, 4.69) is 0 Å². The largest absolute Gasteiger partial charge is 0.352 e. The first kappa shape index (κ1) is 10.1. The number of imide groups is 1. The third-order valence-corrected chi connectivity index (χ3v) is 2.54. The van der Waals surface area contributed by atoms with E-state index in [4.69, 9.17) is 12.2 Å². The van der Waals surface area contributed by atoms with Crippen LogP contribution in [-0.2, 0) is 9.59 Å². The van der Waals surface area contributed by atoms with Gasteiger partial charge in [0.2, 0.25) is 11.8 Å². The number of carbonyl (C=O) groups excluding carboxylic acids is 2. The second kappa shape index (κ2) is 3.83. The zero-order valence-electron chi connectivity index (χ0n) is 7.74. The van der Waals surface area contributed by atoms with Crippen molar-refractivity contribution in [3.8, 4) is 0 Å². The number of hydrogen-bond acceptors (Lipinski definition) is 3. The first-order chi connectivity index (χ1) is 6.07. The van der Waals surface area contributed by atoms with E-state index >= 15 is 0 Å². The summed E-state index contributed by atoms with van der Waals surface area (Å²) in [6.07, 6.45) is 0.576. The molecule has 0 radical (unpaired) electrons. The molecule has 0 spiro atoms. The molecular weight excluding hydrogens is 188 g/mol. The summed E-state index contributed by atoms with van der Waals surface area (Å²) in [5, 5.41) is 0.315. The summed E-state index contributed by atoms with van der Waals surface area (Å²) in [6, 6.07) is 0. The maximum absolute atomic E-state index is 11.2. The van der Waals surface area contributed by atoms with Crippen LogP contribution in [0.1, 0.15) is 19.8 Å². The molecule has 0 aromatic heterocycles. The summed E-state index contributed by atoms with van der Waals surface area (Å²) in [4.78, 5) is 25.3. The highest BCUT2D eigenvalue weighted by Gasteiger charge is 2.33. The van der Waals surface area contributed by atoms with E-state index in [-0.39, 0.29) is 24.7 Å². The molecule has 0 aromatic rings. The smallest absolute Gasteiger partial charge is 0.236 e. The normalized spacial score (nSPS) is 16.6. The molecular formula is C8H12N2O2S. The molecule has 0 unspecified atom stereocenters. The Kier molecular flexibility index (Phi) is 2.98. The van der Waals surface area contributed by atoms with Crippen LogP contribution in [0.2, 0.25) is 0 Å². The molecule has 0 aliphatic carbocycles. The van der Waals surface area contributed by atoms with E-state index in [1.807, 2.05) is 6.92 Å². The number of nitrogens with zero attached hydrogens (tertiary/aromatic N) is 2. The van der Waals surface area contributed by atoms with Crippen molar-refractivity contribution < 1.29 is 9.59 Å². The molecule has 1 aliphatic rings. The Bertz CT molecular complexity index is 249. The molecule has 5 heteroatoms. The fraction of sp³-hybridized carbons (Fsp3) is 0.625. The van der Waals surface area contributed by atoms with Crippen molar-refractivity contribution >= 4 is 29.1 Å². The summed E-state index contributed by atoms with van der Waals surface area (Å²) in [6.45, 7) is 2.60. The van der Waals surface area contributed by atoms with Crippen molar-refractivity contribution in [3.05, 3.63) is 0 Å². The van der Waals surface area contributed by atoms with Crippen LogP contribution in [0.15, 0.2) is 0 Å². The Labute approximate surface area is 82.5 Å². The first-order valence-electron chi connectivity index (χ1n) is 4.18.